The number of amides is 1. The normalized spacial score (nSPS) is 16.1. The summed E-state index contributed by atoms with van der Waals surface area (Å²) < 4.78 is 14.0. The highest BCUT2D eigenvalue weighted by atomic mass is 19.1. The number of primary amides is 1. The highest BCUT2D eigenvalue weighted by molar-refractivity contribution is 5.82. The first-order valence-electron chi connectivity index (χ1n) is 8.15. The molecule has 0 aromatic heterocycles. The Morgan fingerprint density at radius 3 is 2.76 bits per heavy atom. The SMILES string of the molecule is CC(F)(CCC(CN=NC#N)CC(O)[CH]Cc1ccccc1)C(N)=O. The summed E-state index contributed by atoms with van der Waals surface area (Å²) in [6, 6.07) is 9.69. The molecular formula is C18H24FN4O2. The highest BCUT2D eigenvalue weighted by Gasteiger charge is 2.31. The number of hydrogen-bond donors (Lipinski definition) is 2. The molecule has 1 radical (unpaired) electrons. The molecule has 0 bridgehead atoms. The maximum absolute atomic E-state index is 14.0. The van der Waals surface area contributed by atoms with Gasteiger partial charge in [0.05, 0.1) is 12.6 Å². The van der Waals surface area contributed by atoms with Crippen molar-refractivity contribution in [3.63, 3.8) is 0 Å². The number of hydrogen-bond acceptors (Lipinski definition) is 5. The van der Waals surface area contributed by atoms with Crippen LogP contribution in [0.15, 0.2) is 40.6 Å². The molecule has 0 aliphatic heterocycles. The number of rotatable bonds is 11. The Kier molecular flexibility index (Phi) is 8.71. The summed E-state index contributed by atoms with van der Waals surface area (Å²) in [5, 5.41) is 25.6. The first kappa shape index (κ1) is 20.7. The van der Waals surface area contributed by atoms with Gasteiger partial charge in [0.1, 0.15) is 0 Å². The number of azo groups is 1. The average Bonchev–Trinajstić information content (AvgIpc) is 2.58. The number of aliphatic hydroxyl groups is 1. The van der Waals surface area contributed by atoms with E-state index in [0.717, 1.165) is 12.5 Å². The lowest BCUT2D eigenvalue weighted by molar-refractivity contribution is -0.129. The molecule has 1 amide bonds. The Bertz CT molecular complexity index is 599. The molecule has 3 atom stereocenters. The minimum Gasteiger partial charge on any atom is -0.393 e. The van der Waals surface area contributed by atoms with Crippen LogP contribution in [0, 0.1) is 23.8 Å². The lowest BCUT2D eigenvalue weighted by Gasteiger charge is -2.22. The Morgan fingerprint density at radius 1 is 1.48 bits per heavy atom. The van der Waals surface area contributed by atoms with E-state index in [2.05, 4.69) is 10.2 Å². The first-order chi connectivity index (χ1) is 11.8. The fourth-order valence-electron chi connectivity index (χ4n) is 2.39. The van der Waals surface area contributed by atoms with Gasteiger partial charge in [-0.3, -0.25) is 4.79 Å². The third kappa shape index (κ3) is 8.36. The third-order valence-corrected chi connectivity index (χ3v) is 4.03. The van der Waals surface area contributed by atoms with Crippen molar-refractivity contribution in [3.8, 4) is 6.19 Å². The van der Waals surface area contributed by atoms with E-state index in [1.54, 1.807) is 12.6 Å². The zero-order valence-electron chi connectivity index (χ0n) is 14.3. The summed E-state index contributed by atoms with van der Waals surface area (Å²) in [6.45, 7) is 1.32. The second-order valence-corrected chi connectivity index (χ2v) is 6.22. The van der Waals surface area contributed by atoms with E-state index >= 15 is 0 Å². The molecular weight excluding hydrogens is 323 g/mol. The van der Waals surface area contributed by atoms with Gasteiger partial charge in [-0.05, 0) is 50.5 Å². The maximum atomic E-state index is 14.0. The highest BCUT2D eigenvalue weighted by Crippen LogP contribution is 2.24. The smallest absolute Gasteiger partial charge is 0.254 e. The molecule has 7 heteroatoms. The second-order valence-electron chi connectivity index (χ2n) is 6.22. The molecule has 3 N–H and O–H groups in total. The van der Waals surface area contributed by atoms with E-state index in [-0.39, 0.29) is 18.9 Å². The van der Waals surface area contributed by atoms with Crippen molar-refractivity contribution in [2.45, 2.75) is 44.4 Å². The van der Waals surface area contributed by atoms with Crippen LogP contribution in [0.2, 0.25) is 0 Å². The van der Waals surface area contributed by atoms with E-state index in [1.807, 2.05) is 30.3 Å². The number of nitrogens with two attached hydrogens (primary N) is 1. The Labute approximate surface area is 147 Å². The second kappa shape index (κ2) is 10.5. The van der Waals surface area contributed by atoms with Gasteiger partial charge in [-0.15, -0.1) is 0 Å². The summed E-state index contributed by atoms with van der Waals surface area (Å²) in [7, 11) is 0. The van der Waals surface area contributed by atoms with Gasteiger partial charge in [-0.1, -0.05) is 35.4 Å². The number of nitrogens with zero attached hydrogens (tertiary/aromatic N) is 3. The van der Waals surface area contributed by atoms with E-state index in [4.69, 9.17) is 11.0 Å². The third-order valence-electron chi connectivity index (χ3n) is 4.03. The standard InChI is InChI=1S/C18H24FN4O2/c1-18(19,17(21)25)10-9-15(12-22-23-13-20)11-16(24)8-7-14-5-3-2-4-6-14/h2-6,8,15-16,24H,7,9-12H2,1H3,(H2,21,25). The van der Waals surface area contributed by atoms with Crippen LogP contribution in [0.5, 0.6) is 0 Å². The average molecular weight is 347 g/mol. The lowest BCUT2D eigenvalue weighted by Crippen LogP contribution is -2.37. The predicted octanol–water partition coefficient (Wildman–Crippen LogP) is 2.73. The largest absolute Gasteiger partial charge is 0.393 e. The first-order valence-corrected chi connectivity index (χ1v) is 8.15. The van der Waals surface area contributed by atoms with Gasteiger partial charge in [-0.25, -0.2) is 4.39 Å². The summed E-state index contributed by atoms with van der Waals surface area (Å²) >= 11 is 0. The molecule has 0 saturated heterocycles. The molecule has 25 heavy (non-hydrogen) atoms. The fourth-order valence-corrected chi connectivity index (χ4v) is 2.39. The van der Waals surface area contributed by atoms with E-state index in [0.29, 0.717) is 19.3 Å². The van der Waals surface area contributed by atoms with Crippen LogP contribution in [-0.2, 0) is 11.2 Å². The number of nitriles is 1. The summed E-state index contributed by atoms with van der Waals surface area (Å²) in [5.41, 5.74) is 4.01. The van der Waals surface area contributed by atoms with Gasteiger partial charge >= 0.3 is 0 Å². The zero-order chi connectivity index (χ0) is 18.7. The van der Waals surface area contributed by atoms with Gasteiger partial charge in [-0.2, -0.15) is 10.4 Å². The molecule has 0 spiro atoms. The lowest BCUT2D eigenvalue weighted by atomic mass is 9.89. The van der Waals surface area contributed by atoms with Crippen LogP contribution >= 0.6 is 0 Å². The van der Waals surface area contributed by atoms with Crippen LogP contribution in [0.4, 0.5) is 4.39 Å². The van der Waals surface area contributed by atoms with Crippen LogP contribution in [-0.4, -0.2) is 29.3 Å². The molecule has 0 aliphatic rings. The number of benzene rings is 1. The van der Waals surface area contributed by atoms with E-state index < -0.39 is 17.7 Å². The van der Waals surface area contributed by atoms with Gasteiger partial charge in [0.15, 0.2) is 5.67 Å². The topological polar surface area (TPSA) is 112 Å². The van der Waals surface area contributed by atoms with Crippen LogP contribution in [0.3, 0.4) is 0 Å². The van der Waals surface area contributed by atoms with Crippen molar-refractivity contribution >= 4 is 5.91 Å². The van der Waals surface area contributed by atoms with Gasteiger partial charge in [0.2, 0.25) is 6.19 Å². The van der Waals surface area contributed by atoms with Gasteiger partial charge in [0.25, 0.3) is 5.91 Å². The molecule has 0 fully saturated rings. The number of carbonyl (C=O) groups is 1. The van der Waals surface area contributed by atoms with Crippen molar-refractivity contribution in [1.82, 2.24) is 0 Å². The summed E-state index contributed by atoms with van der Waals surface area (Å²) in [6.07, 6.45) is 3.80. The quantitative estimate of drug-likeness (QED) is 0.474. The molecule has 0 saturated carbocycles. The van der Waals surface area contributed by atoms with Crippen molar-refractivity contribution in [2.75, 3.05) is 6.54 Å². The molecule has 6 nitrogen and oxygen atoms in total. The van der Waals surface area contributed by atoms with Crippen LogP contribution < -0.4 is 5.73 Å². The van der Waals surface area contributed by atoms with Gasteiger partial charge in [0, 0.05) is 0 Å². The molecule has 3 unspecified atom stereocenters. The predicted molar refractivity (Wildman–Crippen MR) is 91.8 cm³/mol. The van der Waals surface area contributed by atoms with Crippen molar-refractivity contribution < 1.29 is 14.3 Å². The van der Waals surface area contributed by atoms with Gasteiger partial charge < -0.3 is 10.8 Å². The van der Waals surface area contributed by atoms with Crippen LogP contribution in [0.25, 0.3) is 0 Å². The molecule has 135 valence electrons. The maximum Gasteiger partial charge on any atom is 0.254 e. The summed E-state index contributed by atoms with van der Waals surface area (Å²) in [5.74, 6) is -1.23. The molecule has 0 heterocycles. The Morgan fingerprint density at radius 2 is 2.16 bits per heavy atom. The molecule has 0 aliphatic carbocycles. The van der Waals surface area contributed by atoms with Crippen molar-refractivity contribution in [3.05, 3.63) is 42.3 Å². The molecule has 1 aromatic carbocycles. The number of halogens is 1. The fraction of sp³-hybridized carbons (Fsp3) is 0.500. The number of alkyl halides is 1. The number of aliphatic hydroxyl groups excluding tert-OH is 1. The van der Waals surface area contributed by atoms with Crippen molar-refractivity contribution in [1.29, 1.82) is 5.26 Å². The van der Waals surface area contributed by atoms with E-state index in [1.165, 1.54) is 0 Å². The number of carbonyl (C=O) groups excluding carboxylic acids is 1. The zero-order valence-corrected chi connectivity index (χ0v) is 14.3. The Hall–Kier alpha value is -2.33. The van der Waals surface area contributed by atoms with Crippen LogP contribution in [0.1, 0.15) is 31.7 Å². The minimum absolute atomic E-state index is 0.0690. The Balaban J connectivity index is 2.55. The van der Waals surface area contributed by atoms with E-state index in [9.17, 15) is 14.3 Å². The molecule has 1 aromatic rings. The monoisotopic (exact) mass is 347 g/mol. The van der Waals surface area contributed by atoms with Crippen molar-refractivity contribution in [2.24, 2.45) is 21.9 Å². The summed E-state index contributed by atoms with van der Waals surface area (Å²) in [4.78, 5) is 11.1. The minimum atomic E-state index is -2.11. The molecule has 1 rings (SSSR count).